The Kier molecular flexibility index (Phi) is 9.70. The van der Waals surface area contributed by atoms with Crippen LogP contribution >= 0.6 is 0 Å². The molecule has 2 amide bonds. The fraction of sp³-hybridized carbons (Fsp3) is 0.222. The molecule has 10 nitrogen and oxygen atoms in total. The van der Waals surface area contributed by atoms with Gasteiger partial charge in [0.15, 0.2) is 13.2 Å². The lowest BCUT2D eigenvalue weighted by atomic mass is 10.1. The van der Waals surface area contributed by atoms with Crippen LogP contribution in [0.25, 0.3) is 0 Å². The highest BCUT2D eigenvalue weighted by atomic mass is 16.5. The van der Waals surface area contributed by atoms with Crippen molar-refractivity contribution in [3.63, 3.8) is 0 Å². The highest BCUT2D eigenvalue weighted by Crippen LogP contribution is 2.21. The fourth-order valence-electron chi connectivity index (χ4n) is 3.18. The van der Waals surface area contributed by atoms with Gasteiger partial charge in [0.2, 0.25) is 5.88 Å². The zero-order valence-electron chi connectivity index (χ0n) is 20.8. The first kappa shape index (κ1) is 26.8. The normalized spacial score (nSPS) is 10.5. The molecule has 0 aliphatic carbocycles. The number of carbonyl (C=O) groups is 2. The average Bonchev–Trinajstić information content (AvgIpc) is 2.88. The van der Waals surface area contributed by atoms with Gasteiger partial charge in [-0.2, -0.15) is 10.4 Å². The van der Waals surface area contributed by atoms with E-state index in [2.05, 4.69) is 20.8 Å². The molecule has 0 bridgehead atoms. The van der Waals surface area contributed by atoms with Crippen molar-refractivity contribution < 1.29 is 23.8 Å². The molecule has 0 fully saturated rings. The van der Waals surface area contributed by atoms with E-state index in [0.717, 1.165) is 5.56 Å². The lowest BCUT2D eigenvalue weighted by Gasteiger charge is -2.10. The number of methoxy groups -OCH3 is 1. The van der Waals surface area contributed by atoms with Gasteiger partial charge in [-0.1, -0.05) is 17.7 Å². The van der Waals surface area contributed by atoms with Gasteiger partial charge in [0.25, 0.3) is 11.8 Å². The maximum absolute atomic E-state index is 12.1. The van der Waals surface area contributed by atoms with Crippen LogP contribution in [0.5, 0.6) is 11.6 Å². The molecule has 0 radical (unpaired) electrons. The number of hydrogen-bond acceptors (Lipinski definition) is 8. The molecule has 0 aliphatic rings. The summed E-state index contributed by atoms with van der Waals surface area (Å²) < 4.78 is 16.0. The minimum Gasteiger partial charge on any atom is -0.484 e. The van der Waals surface area contributed by atoms with Crippen molar-refractivity contribution in [3.05, 3.63) is 82.5 Å². The van der Waals surface area contributed by atoms with Crippen LogP contribution in [0.1, 0.15) is 27.9 Å². The average molecular weight is 502 g/mol. The topological polar surface area (TPSA) is 135 Å². The molecule has 0 spiro atoms. The van der Waals surface area contributed by atoms with Gasteiger partial charge in [-0.15, -0.1) is 0 Å². The Morgan fingerprint density at radius 3 is 2.41 bits per heavy atom. The minimum atomic E-state index is -0.517. The van der Waals surface area contributed by atoms with E-state index in [9.17, 15) is 14.9 Å². The number of nitrogens with zero attached hydrogens (tertiary/aromatic N) is 3. The molecular formula is C27H27N5O5. The smallest absolute Gasteiger partial charge is 0.278 e. The Hall–Kier alpha value is -4.75. The molecule has 1 heterocycles. The Morgan fingerprint density at radius 1 is 1.03 bits per heavy atom. The summed E-state index contributed by atoms with van der Waals surface area (Å²) in [5, 5.41) is 16.1. The molecule has 3 rings (SSSR count). The van der Waals surface area contributed by atoms with Crippen LogP contribution in [0.4, 0.5) is 5.69 Å². The Balaban J connectivity index is 1.44. The number of nitriles is 1. The molecule has 0 saturated heterocycles. The number of carbonyl (C=O) groups excluding carboxylic acids is 2. The molecule has 0 atom stereocenters. The Bertz CT molecular complexity index is 1300. The number of amides is 2. The van der Waals surface area contributed by atoms with Crippen molar-refractivity contribution in [1.82, 2.24) is 10.4 Å². The highest BCUT2D eigenvalue weighted by Gasteiger charge is 2.14. The SMILES string of the molecule is COCc1cc(C)nc(OCC(=O)N/N=C\c2ccc(OCC(=O)Nc3ccc(C)cc3)cc2)c1C#N. The number of aromatic nitrogens is 1. The number of rotatable bonds is 11. The van der Waals surface area contributed by atoms with Crippen molar-refractivity contribution in [2.24, 2.45) is 5.10 Å². The summed E-state index contributed by atoms with van der Waals surface area (Å²) in [6.07, 6.45) is 1.45. The number of ether oxygens (including phenoxy) is 3. The predicted molar refractivity (Wildman–Crippen MR) is 137 cm³/mol. The van der Waals surface area contributed by atoms with Gasteiger partial charge in [-0.3, -0.25) is 9.59 Å². The lowest BCUT2D eigenvalue weighted by molar-refractivity contribution is -0.123. The summed E-state index contributed by atoms with van der Waals surface area (Å²) in [5.41, 5.74) is 6.36. The Morgan fingerprint density at radius 2 is 1.73 bits per heavy atom. The third-order valence-corrected chi connectivity index (χ3v) is 4.94. The van der Waals surface area contributed by atoms with Crippen molar-refractivity contribution in [2.45, 2.75) is 20.5 Å². The van der Waals surface area contributed by atoms with E-state index >= 15 is 0 Å². The second-order valence-electron chi connectivity index (χ2n) is 8.00. The van der Waals surface area contributed by atoms with Crippen LogP contribution in [-0.2, 0) is 20.9 Å². The second kappa shape index (κ2) is 13.4. The molecule has 2 aromatic carbocycles. The summed E-state index contributed by atoms with van der Waals surface area (Å²) in [6.45, 7) is 3.46. The number of hydrogen-bond donors (Lipinski definition) is 2. The van der Waals surface area contributed by atoms with E-state index < -0.39 is 5.91 Å². The van der Waals surface area contributed by atoms with Crippen LogP contribution in [-0.4, -0.2) is 43.3 Å². The van der Waals surface area contributed by atoms with E-state index in [4.69, 9.17) is 14.2 Å². The van der Waals surface area contributed by atoms with Crippen LogP contribution in [0.2, 0.25) is 0 Å². The molecular weight excluding hydrogens is 474 g/mol. The van der Waals surface area contributed by atoms with Gasteiger partial charge in [0.05, 0.1) is 12.8 Å². The van der Waals surface area contributed by atoms with Gasteiger partial charge >= 0.3 is 0 Å². The van der Waals surface area contributed by atoms with Crippen LogP contribution < -0.4 is 20.2 Å². The zero-order valence-corrected chi connectivity index (χ0v) is 20.8. The summed E-state index contributed by atoms with van der Waals surface area (Å²) in [5.74, 6) is -0.203. The number of aryl methyl sites for hydroxylation is 2. The maximum Gasteiger partial charge on any atom is 0.278 e. The quantitative estimate of drug-likeness (QED) is 0.304. The minimum absolute atomic E-state index is 0.0665. The molecule has 37 heavy (non-hydrogen) atoms. The summed E-state index contributed by atoms with van der Waals surface area (Å²) >= 11 is 0. The summed E-state index contributed by atoms with van der Waals surface area (Å²) in [4.78, 5) is 28.4. The van der Waals surface area contributed by atoms with Crippen molar-refractivity contribution in [3.8, 4) is 17.7 Å². The standard InChI is InChI=1S/C27H27N5O5/c1-18-4-8-22(9-5-18)31-25(33)16-36-23-10-6-20(7-11-23)14-29-32-26(34)17-37-27-24(13-28)21(15-35-3)12-19(2)30-27/h4-12,14H,15-17H2,1-3H3,(H,31,33)(H,32,34)/b29-14-. The van der Waals surface area contributed by atoms with Crippen molar-refractivity contribution >= 4 is 23.7 Å². The van der Waals surface area contributed by atoms with Gasteiger partial charge in [-0.25, -0.2) is 10.4 Å². The van der Waals surface area contributed by atoms with Gasteiger partial charge in [0.1, 0.15) is 17.4 Å². The number of hydrazone groups is 1. The molecule has 1 aromatic heterocycles. The third kappa shape index (κ3) is 8.45. The van der Waals surface area contributed by atoms with Gasteiger partial charge in [0, 0.05) is 24.1 Å². The molecule has 3 aromatic rings. The van der Waals surface area contributed by atoms with Gasteiger partial charge < -0.3 is 19.5 Å². The molecule has 0 saturated carbocycles. The lowest BCUT2D eigenvalue weighted by Crippen LogP contribution is -2.25. The Labute approximate surface area is 214 Å². The summed E-state index contributed by atoms with van der Waals surface area (Å²) in [6, 6.07) is 18.1. The molecule has 190 valence electrons. The van der Waals surface area contributed by atoms with Crippen LogP contribution in [0.15, 0.2) is 59.7 Å². The predicted octanol–water partition coefficient (Wildman–Crippen LogP) is 3.26. The first-order valence-corrected chi connectivity index (χ1v) is 11.3. The zero-order chi connectivity index (χ0) is 26.6. The van der Waals surface area contributed by atoms with Crippen molar-refractivity contribution in [2.75, 3.05) is 25.6 Å². The molecule has 0 unspecified atom stereocenters. The van der Waals surface area contributed by atoms with E-state index in [1.54, 1.807) is 37.3 Å². The number of anilines is 1. The largest absolute Gasteiger partial charge is 0.484 e. The van der Waals surface area contributed by atoms with E-state index in [1.807, 2.05) is 37.3 Å². The van der Waals surface area contributed by atoms with E-state index in [-0.39, 0.29) is 37.2 Å². The highest BCUT2D eigenvalue weighted by molar-refractivity contribution is 5.91. The molecule has 2 N–H and O–H groups in total. The van der Waals surface area contributed by atoms with Crippen molar-refractivity contribution in [1.29, 1.82) is 5.26 Å². The maximum atomic E-state index is 12.1. The number of nitrogens with one attached hydrogen (secondary N) is 2. The summed E-state index contributed by atoms with van der Waals surface area (Å²) in [7, 11) is 1.52. The third-order valence-electron chi connectivity index (χ3n) is 4.94. The number of pyridine rings is 1. The van der Waals surface area contributed by atoms with Gasteiger partial charge in [-0.05, 0) is 61.9 Å². The van der Waals surface area contributed by atoms with Crippen LogP contribution in [0.3, 0.4) is 0 Å². The fourth-order valence-corrected chi connectivity index (χ4v) is 3.18. The molecule has 0 aliphatic heterocycles. The first-order chi connectivity index (χ1) is 17.9. The van der Waals surface area contributed by atoms with E-state index in [1.165, 1.54) is 13.3 Å². The first-order valence-electron chi connectivity index (χ1n) is 11.3. The number of benzene rings is 2. The second-order valence-corrected chi connectivity index (χ2v) is 8.00. The van der Waals surface area contributed by atoms with Crippen LogP contribution in [0, 0.1) is 25.2 Å². The molecule has 10 heteroatoms. The van der Waals surface area contributed by atoms with E-state index in [0.29, 0.717) is 28.3 Å². The monoisotopic (exact) mass is 501 g/mol.